The number of ether oxygens (including phenoxy) is 1. The van der Waals surface area contributed by atoms with Crippen molar-refractivity contribution >= 4 is 17.8 Å². The van der Waals surface area contributed by atoms with E-state index in [2.05, 4.69) is 10.6 Å². The van der Waals surface area contributed by atoms with E-state index in [1.807, 2.05) is 60.7 Å². The first-order valence-corrected chi connectivity index (χ1v) is 9.30. The quantitative estimate of drug-likeness (QED) is 0.616. The lowest BCUT2D eigenvalue weighted by Crippen LogP contribution is -2.43. The summed E-state index contributed by atoms with van der Waals surface area (Å²) in [5.41, 5.74) is 2.05. The molecule has 2 aromatic carbocycles. The third-order valence-corrected chi connectivity index (χ3v) is 4.26. The predicted molar refractivity (Wildman–Crippen MR) is 106 cm³/mol. The molecule has 2 rings (SSSR count). The van der Waals surface area contributed by atoms with E-state index >= 15 is 0 Å². The van der Waals surface area contributed by atoms with Gasteiger partial charge in [-0.2, -0.15) is 0 Å². The molecule has 0 aliphatic rings. The van der Waals surface area contributed by atoms with Crippen LogP contribution in [0.1, 0.15) is 24.0 Å². The lowest BCUT2D eigenvalue weighted by Gasteiger charge is -2.16. The minimum Gasteiger partial charge on any atom is -0.467 e. The van der Waals surface area contributed by atoms with Crippen molar-refractivity contribution in [2.45, 2.75) is 31.7 Å². The molecular formula is C22H26N2O4. The van der Waals surface area contributed by atoms with Crippen LogP contribution in [0.4, 0.5) is 0 Å². The van der Waals surface area contributed by atoms with Gasteiger partial charge in [-0.1, -0.05) is 60.7 Å². The van der Waals surface area contributed by atoms with Crippen molar-refractivity contribution in [3.05, 3.63) is 71.8 Å². The van der Waals surface area contributed by atoms with Gasteiger partial charge in [-0.25, -0.2) is 4.79 Å². The Labute approximate surface area is 165 Å². The average Bonchev–Trinajstić information content (AvgIpc) is 2.72. The molecule has 0 unspecified atom stereocenters. The van der Waals surface area contributed by atoms with Crippen LogP contribution in [0.25, 0.3) is 0 Å². The second kappa shape index (κ2) is 11.5. The highest BCUT2D eigenvalue weighted by Gasteiger charge is 2.22. The summed E-state index contributed by atoms with van der Waals surface area (Å²) < 4.78 is 4.77. The number of hydrogen-bond acceptors (Lipinski definition) is 4. The first-order valence-electron chi connectivity index (χ1n) is 9.30. The largest absolute Gasteiger partial charge is 0.467 e. The second-order valence-corrected chi connectivity index (χ2v) is 6.42. The summed E-state index contributed by atoms with van der Waals surface area (Å²) in [5.74, 6) is -1.06. The van der Waals surface area contributed by atoms with Crippen LogP contribution in [0.5, 0.6) is 0 Å². The van der Waals surface area contributed by atoms with Crippen LogP contribution in [-0.4, -0.2) is 37.5 Å². The van der Waals surface area contributed by atoms with Gasteiger partial charge in [0.05, 0.1) is 7.11 Å². The number of carbonyl (C=O) groups is 3. The lowest BCUT2D eigenvalue weighted by molar-refractivity contribution is -0.145. The Morgan fingerprint density at radius 1 is 0.857 bits per heavy atom. The van der Waals surface area contributed by atoms with Gasteiger partial charge in [0.2, 0.25) is 11.8 Å². The van der Waals surface area contributed by atoms with Crippen LogP contribution in [0.3, 0.4) is 0 Å². The van der Waals surface area contributed by atoms with Gasteiger partial charge < -0.3 is 15.4 Å². The first kappa shape index (κ1) is 21.2. The maximum absolute atomic E-state index is 12.2. The van der Waals surface area contributed by atoms with Gasteiger partial charge in [-0.05, 0) is 17.5 Å². The van der Waals surface area contributed by atoms with Gasteiger partial charge in [0.1, 0.15) is 6.04 Å². The van der Waals surface area contributed by atoms with Crippen molar-refractivity contribution in [2.75, 3.05) is 13.7 Å². The van der Waals surface area contributed by atoms with Crippen LogP contribution in [0, 0.1) is 0 Å². The van der Waals surface area contributed by atoms with Crippen molar-refractivity contribution in [1.29, 1.82) is 0 Å². The number of rotatable bonds is 10. The monoisotopic (exact) mass is 382 g/mol. The average molecular weight is 382 g/mol. The fourth-order valence-corrected chi connectivity index (χ4v) is 2.76. The van der Waals surface area contributed by atoms with Crippen LogP contribution in [0.2, 0.25) is 0 Å². The molecule has 0 bridgehead atoms. The molecule has 2 aromatic rings. The van der Waals surface area contributed by atoms with Crippen molar-refractivity contribution in [3.8, 4) is 0 Å². The van der Waals surface area contributed by atoms with E-state index in [0.29, 0.717) is 13.0 Å². The molecule has 6 nitrogen and oxygen atoms in total. The molecule has 2 N–H and O–H groups in total. The maximum Gasteiger partial charge on any atom is 0.328 e. The highest BCUT2D eigenvalue weighted by atomic mass is 16.5. The van der Waals surface area contributed by atoms with Crippen molar-refractivity contribution < 1.29 is 19.1 Å². The maximum atomic E-state index is 12.2. The molecule has 0 aromatic heterocycles. The van der Waals surface area contributed by atoms with Crippen LogP contribution >= 0.6 is 0 Å². The minimum atomic E-state index is -0.777. The van der Waals surface area contributed by atoms with Crippen LogP contribution < -0.4 is 10.6 Å². The number of carbonyl (C=O) groups excluding carboxylic acids is 3. The first-order chi connectivity index (χ1) is 13.6. The summed E-state index contributed by atoms with van der Waals surface area (Å²) in [6.07, 6.45) is 1.15. The number of nitrogens with one attached hydrogen (secondary N) is 2. The van der Waals surface area contributed by atoms with E-state index in [9.17, 15) is 14.4 Å². The summed E-state index contributed by atoms with van der Waals surface area (Å²) in [6.45, 7) is 0.517. The third kappa shape index (κ3) is 7.61. The molecular weight excluding hydrogens is 356 g/mol. The van der Waals surface area contributed by atoms with E-state index in [4.69, 9.17) is 4.74 Å². The molecule has 0 fully saturated rings. The molecule has 148 valence electrons. The number of benzene rings is 2. The smallest absolute Gasteiger partial charge is 0.328 e. The van der Waals surface area contributed by atoms with Gasteiger partial charge in [0, 0.05) is 25.8 Å². The van der Waals surface area contributed by atoms with E-state index in [-0.39, 0.29) is 24.7 Å². The van der Waals surface area contributed by atoms with Crippen LogP contribution in [-0.2, 0) is 32.0 Å². The predicted octanol–water partition coefficient (Wildman–Crippen LogP) is 2.03. The molecule has 28 heavy (non-hydrogen) atoms. The molecule has 0 saturated carbocycles. The Balaban J connectivity index is 1.73. The van der Waals surface area contributed by atoms with Crippen molar-refractivity contribution in [2.24, 2.45) is 0 Å². The standard InChI is InChI=1S/C22H26N2O4/c1-28-22(27)19(16-18-10-6-3-7-11-18)24-21(26)13-12-20(25)23-15-14-17-8-4-2-5-9-17/h2-11,19H,12-16H2,1H3,(H,23,25)(H,24,26)/t19-/m0/s1. The SMILES string of the molecule is COC(=O)[C@H](Cc1ccccc1)NC(=O)CCC(=O)NCCc1ccccc1. The molecule has 0 heterocycles. The van der Waals surface area contributed by atoms with Gasteiger partial charge in [-0.3, -0.25) is 9.59 Å². The fraction of sp³-hybridized carbons (Fsp3) is 0.318. The zero-order valence-corrected chi connectivity index (χ0v) is 16.0. The number of amides is 2. The van der Waals surface area contributed by atoms with E-state index < -0.39 is 12.0 Å². The second-order valence-electron chi connectivity index (χ2n) is 6.42. The molecule has 1 atom stereocenters. The van der Waals surface area contributed by atoms with Gasteiger partial charge >= 0.3 is 5.97 Å². The zero-order chi connectivity index (χ0) is 20.2. The third-order valence-electron chi connectivity index (χ3n) is 4.26. The van der Waals surface area contributed by atoms with Crippen molar-refractivity contribution in [3.63, 3.8) is 0 Å². The molecule has 0 saturated heterocycles. The molecule has 0 aliphatic heterocycles. The normalized spacial score (nSPS) is 11.3. The van der Waals surface area contributed by atoms with Gasteiger partial charge in [-0.15, -0.1) is 0 Å². The molecule has 2 amide bonds. The highest BCUT2D eigenvalue weighted by Crippen LogP contribution is 2.05. The molecule has 0 radical (unpaired) electrons. The fourth-order valence-electron chi connectivity index (χ4n) is 2.76. The number of esters is 1. The lowest BCUT2D eigenvalue weighted by atomic mass is 10.1. The van der Waals surface area contributed by atoms with Gasteiger partial charge in [0.25, 0.3) is 0 Å². The van der Waals surface area contributed by atoms with E-state index in [0.717, 1.165) is 17.5 Å². The van der Waals surface area contributed by atoms with Gasteiger partial charge in [0.15, 0.2) is 0 Å². The Bertz CT molecular complexity index is 763. The Kier molecular flexibility index (Phi) is 8.72. The molecule has 0 aliphatic carbocycles. The summed E-state index contributed by atoms with van der Waals surface area (Å²) in [7, 11) is 1.28. The van der Waals surface area contributed by atoms with Crippen LogP contribution in [0.15, 0.2) is 60.7 Å². The number of methoxy groups -OCH3 is 1. The van der Waals surface area contributed by atoms with Crippen molar-refractivity contribution in [1.82, 2.24) is 10.6 Å². The zero-order valence-electron chi connectivity index (χ0n) is 16.0. The van der Waals surface area contributed by atoms with E-state index in [1.54, 1.807) is 0 Å². The molecule has 0 spiro atoms. The summed E-state index contributed by atoms with van der Waals surface area (Å²) >= 11 is 0. The summed E-state index contributed by atoms with van der Waals surface area (Å²) in [6, 6.07) is 18.4. The molecule has 6 heteroatoms. The topological polar surface area (TPSA) is 84.5 Å². The Morgan fingerprint density at radius 2 is 1.43 bits per heavy atom. The van der Waals surface area contributed by atoms with E-state index in [1.165, 1.54) is 7.11 Å². The number of hydrogen-bond donors (Lipinski definition) is 2. The summed E-state index contributed by atoms with van der Waals surface area (Å²) in [5, 5.41) is 5.46. The minimum absolute atomic E-state index is 0.0133. The highest BCUT2D eigenvalue weighted by molar-refractivity contribution is 5.87. The Morgan fingerprint density at radius 3 is 2.04 bits per heavy atom. The Hall–Kier alpha value is -3.15. The summed E-state index contributed by atoms with van der Waals surface area (Å²) in [4.78, 5) is 36.0.